The molecule has 156 valence electrons. The second-order valence-corrected chi connectivity index (χ2v) is 10.2. The van der Waals surface area contributed by atoms with Crippen LogP contribution in [0.2, 0.25) is 0 Å². The molecule has 0 spiro atoms. The summed E-state index contributed by atoms with van der Waals surface area (Å²) >= 11 is 8.19. The molecule has 0 radical (unpaired) electrons. The molecule has 4 rings (SSSR count). The van der Waals surface area contributed by atoms with E-state index in [1.807, 2.05) is 30.6 Å². The second-order valence-electron chi connectivity index (χ2n) is 7.44. The summed E-state index contributed by atoms with van der Waals surface area (Å²) in [5.74, 6) is -0.990. The number of thiophene rings is 1. The molecule has 1 N–H and O–H groups in total. The maximum Gasteiger partial charge on any atom is 0.339 e. The normalized spacial score (nSPS) is 17.7. The number of aryl methyl sites for hydroxylation is 2. The van der Waals surface area contributed by atoms with Crippen LogP contribution in [0.15, 0.2) is 23.6 Å². The lowest BCUT2D eigenvalue weighted by molar-refractivity contribution is -0.121. The van der Waals surface area contributed by atoms with Gasteiger partial charge < -0.3 is 9.67 Å². The summed E-state index contributed by atoms with van der Waals surface area (Å²) in [4.78, 5) is 28.1. The second kappa shape index (κ2) is 8.17. The molecule has 0 aromatic carbocycles. The van der Waals surface area contributed by atoms with Crippen LogP contribution in [0.5, 0.6) is 0 Å². The van der Waals surface area contributed by atoms with Gasteiger partial charge in [-0.2, -0.15) is 0 Å². The van der Waals surface area contributed by atoms with Gasteiger partial charge in [0, 0.05) is 22.8 Å². The number of thioether (sulfide) groups is 1. The lowest BCUT2D eigenvalue weighted by Gasteiger charge is -2.11. The Bertz CT molecular complexity index is 1120. The smallest absolute Gasteiger partial charge is 0.339 e. The van der Waals surface area contributed by atoms with Crippen molar-refractivity contribution in [2.75, 3.05) is 6.54 Å². The van der Waals surface area contributed by atoms with Gasteiger partial charge in [-0.3, -0.25) is 9.69 Å². The molecule has 3 heterocycles. The van der Waals surface area contributed by atoms with Crippen LogP contribution in [-0.4, -0.2) is 37.3 Å². The first-order valence-electron chi connectivity index (χ1n) is 9.77. The minimum absolute atomic E-state index is 0.118. The van der Waals surface area contributed by atoms with E-state index in [1.54, 1.807) is 17.4 Å². The number of rotatable bonds is 5. The fraction of sp³-hybridized carbons (Fsp3) is 0.318. The molecule has 1 amide bonds. The minimum Gasteiger partial charge on any atom is -0.478 e. The standard InChI is InChI=1S/C22H22N2O3S3/c1-4-9-23-19(25)17(30-22(23)28)11-14-10-12(2)24(13(14)3)20-18(21(26)27)15-7-5-6-8-16(15)29-20/h4,10-11H,1,5-9H2,2-3H3,(H,26,27). The number of fused-ring (bicyclic) bond motifs is 1. The van der Waals surface area contributed by atoms with E-state index in [1.165, 1.54) is 21.5 Å². The molecule has 0 atom stereocenters. The Balaban J connectivity index is 1.79. The first-order chi connectivity index (χ1) is 14.3. The Morgan fingerprint density at radius 1 is 1.33 bits per heavy atom. The van der Waals surface area contributed by atoms with Crippen LogP contribution < -0.4 is 0 Å². The van der Waals surface area contributed by atoms with Crippen molar-refractivity contribution in [3.05, 3.63) is 56.6 Å². The van der Waals surface area contributed by atoms with E-state index < -0.39 is 5.97 Å². The zero-order chi connectivity index (χ0) is 21.6. The number of thiocarbonyl (C=S) groups is 1. The molecule has 0 saturated carbocycles. The molecular weight excluding hydrogens is 436 g/mol. The van der Waals surface area contributed by atoms with E-state index in [9.17, 15) is 14.7 Å². The van der Waals surface area contributed by atoms with Gasteiger partial charge in [-0.25, -0.2) is 4.79 Å². The summed E-state index contributed by atoms with van der Waals surface area (Å²) in [5.41, 5.74) is 4.19. The van der Waals surface area contributed by atoms with Crippen molar-refractivity contribution < 1.29 is 14.7 Å². The lowest BCUT2D eigenvalue weighted by atomic mass is 9.95. The number of carboxylic acid groups (broad SMARTS) is 1. The zero-order valence-corrected chi connectivity index (χ0v) is 19.3. The molecule has 2 aromatic heterocycles. The van der Waals surface area contributed by atoms with Crippen LogP contribution in [-0.2, 0) is 17.6 Å². The number of nitrogens with zero attached hydrogens (tertiary/aromatic N) is 2. The molecule has 2 aromatic rings. The van der Waals surface area contributed by atoms with Crippen molar-refractivity contribution in [3.8, 4) is 5.00 Å². The molecule has 1 saturated heterocycles. The third-order valence-electron chi connectivity index (χ3n) is 5.51. The highest BCUT2D eigenvalue weighted by Crippen LogP contribution is 2.39. The molecular formula is C22H22N2O3S3. The Labute approximate surface area is 189 Å². The number of aromatic nitrogens is 1. The highest BCUT2D eigenvalue weighted by Gasteiger charge is 2.32. The number of hydrogen-bond acceptors (Lipinski definition) is 5. The van der Waals surface area contributed by atoms with E-state index >= 15 is 0 Å². The number of carbonyl (C=O) groups is 2. The largest absolute Gasteiger partial charge is 0.478 e. The van der Waals surface area contributed by atoms with Crippen LogP contribution in [0.1, 0.15) is 50.6 Å². The van der Waals surface area contributed by atoms with Gasteiger partial charge >= 0.3 is 5.97 Å². The van der Waals surface area contributed by atoms with Gasteiger partial charge in [-0.15, -0.1) is 17.9 Å². The zero-order valence-electron chi connectivity index (χ0n) is 16.9. The monoisotopic (exact) mass is 458 g/mol. The van der Waals surface area contributed by atoms with Crippen molar-refractivity contribution >= 4 is 57.6 Å². The van der Waals surface area contributed by atoms with Crippen molar-refractivity contribution in [2.24, 2.45) is 0 Å². The van der Waals surface area contributed by atoms with Gasteiger partial charge in [0.1, 0.15) is 9.32 Å². The Morgan fingerprint density at radius 3 is 2.77 bits per heavy atom. The van der Waals surface area contributed by atoms with Crippen molar-refractivity contribution in [3.63, 3.8) is 0 Å². The molecule has 1 fully saturated rings. The van der Waals surface area contributed by atoms with E-state index in [0.29, 0.717) is 21.3 Å². The van der Waals surface area contributed by atoms with Crippen molar-refractivity contribution in [2.45, 2.75) is 39.5 Å². The number of hydrogen-bond donors (Lipinski definition) is 1. The molecule has 0 bridgehead atoms. The van der Waals surface area contributed by atoms with Gasteiger partial charge in [-0.05, 0) is 62.8 Å². The first kappa shape index (κ1) is 21.1. The highest BCUT2D eigenvalue weighted by molar-refractivity contribution is 8.26. The Morgan fingerprint density at radius 2 is 2.07 bits per heavy atom. The van der Waals surface area contributed by atoms with Crippen molar-refractivity contribution in [1.29, 1.82) is 0 Å². The van der Waals surface area contributed by atoms with E-state index in [4.69, 9.17) is 12.2 Å². The fourth-order valence-corrected chi connectivity index (χ4v) is 6.86. The predicted molar refractivity (Wildman–Crippen MR) is 127 cm³/mol. The maximum absolute atomic E-state index is 12.7. The summed E-state index contributed by atoms with van der Waals surface area (Å²) in [6.07, 6.45) is 7.42. The van der Waals surface area contributed by atoms with E-state index in [0.717, 1.165) is 53.2 Å². The SMILES string of the molecule is C=CCN1C(=O)C(=Cc2cc(C)n(-c3sc4c(c3C(=O)O)CCCC4)c2C)SC1=S. The average molecular weight is 459 g/mol. The van der Waals surface area contributed by atoms with Crippen LogP contribution in [0, 0.1) is 13.8 Å². The van der Waals surface area contributed by atoms with Gasteiger partial charge in [0.2, 0.25) is 0 Å². The average Bonchev–Trinajstić information content (AvgIpc) is 3.29. The number of carbonyl (C=O) groups excluding carboxylic acids is 1. The topological polar surface area (TPSA) is 62.5 Å². The number of carboxylic acids is 1. The lowest BCUT2D eigenvalue weighted by Crippen LogP contribution is -2.27. The Hall–Kier alpha value is -2.16. The molecule has 1 aliphatic heterocycles. The summed E-state index contributed by atoms with van der Waals surface area (Å²) < 4.78 is 2.54. The maximum atomic E-state index is 12.7. The summed E-state index contributed by atoms with van der Waals surface area (Å²) in [5, 5.41) is 10.7. The van der Waals surface area contributed by atoms with Gasteiger partial charge in [0.15, 0.2) is 0 Å². The van der Waals surface area contributed by atoms with Crippen LogP contribution in [0.3, 0.4) is 0 Å². The van der Waals surface area contributed by atoms with Crippen LogP contribution in [0.25, 0.3) is 11.1 Å². The van der Waals surface area contributed by atoms with E-state index in [-0.39, 0.29) is 5.91 Å². The number of amides is 1. The van der Waals surface area contributed by atoms with Crippen molar-refractivity contribution in [1.82, 2.24) is 9.47 Å². The third kappa shape index (κ3) is 3.46. The molecule has 0 unspecified atom stereocenters. The Kier molecular flexibility index (Phi) is 5.74. The molecule has 30 heavy (non-hydrogen) atoms. The van der Waals surface area contributed by atoms with Gasteiger partial charge in [0.05, 0.1) is 10.5 Å². The van der Waals surface area contributed by atoms with Crippen LogP contribution in [0.4, 0.5) is 0 Å². The van der Waals surface area contributed by atoms with Gasteiger partial charge in [0.25, 0.3) is 5.91 Å². The highest BCUT2D eigenvalue weighted by atomic mass is 32.2. The number of aromatic carboxylic acids is 1. The first-order valence-corrected chi connectivity index (χ1v) is 11.8. The minimum atomic E-state index is -0.872. The molecule has 8 heteroatoms. The van der Waals surface area contributed by atoms with E-state index in [2.05, 4.69) is 6.58 Å². The van der Waals surface area contributed by atoms with Gasteiger partial charge in [-0.1, -0.05) is 30.1 Å². The predicted octanol–water partition coefficient (Wildman–Crippen LogP) is 5.12. The fourth-order valence-electron chi connectivity index (χ4n) is 4.10. The molecule has 1 aliphatic carbocycles. The summed E-state index contributed by atoms with van der Waals surface area (Å²) in [6.45, 7) is 8.01. The molecule has 2 aliphatic rings. The quantitative estimate of drug-likeness (QED) is 0.383. The summed E-state index contributed by atoms with van der Waals surface area (Å²) in [6, 6.07) is 2.00. The van der Waals surface area contributed by atoms with Crippen LogP contribution >= 0.6 is 35.3 Å². The third-order valence-corrected chi connectivity index (χ3v) is 8.17. The molecule has 5 nitrogen and oxygen atoms in total. The summed E-state index contributed by atoms with van der Waals surface area (Å²) in [7, 11) is 0.